The van der Waals surface area contributed by atoms with Gasteiger partial charge in [0, 0.05) is 53.2 Å². The Bertz CT molecular complexity index is 1250. The number of amides is 1. The van der Waals surface area contributed by atoms with Gasteiger partial charge in [-0.25, -0.2) is 4.79 Å². The van der Waals surface area contributed by atoms with Gasteiger partial charge in [0.05, 0.1) is 0 Å². The Labute approximate surface area is 195 Å². The molecule has 0 spiro atoms. The van der Waals surface area contributed by atoms with E-state index in [-0.39, 0.29) is 18.2 Å². The van der Waals surface area contributed by atoms with Crippen LogP contribution in [0, 0.1) is 5.92 Å². The maximum atomic E-state index is 12.9. The van der Waals surface area contributed by atoms with Gasteiger partial charge < -0.3 is 19.2 Å². The minimum atomic E-state index is -0.854. The quantitative estimate of drug-likeness (QED) is 0.530. The summed E-state index contributed by atoms with van der Waals surface area (Å²) >= 11 is 6.33. The minimum absolute atomic E-state index is 0.0504. The van der Waals surface area contributed by atoms with E-state index in [1.165, 1.54) is 6.07 Å². The SMILES string of the molecule is CC(Oc1ccc2c(-c3ccccc3Cl)cc(=O)oc2c1)C(=O)N1CCCC(CC(=O)O)C1. The number of carbonyl (C=O) groups is 2. The standard InChI is InChI=1S/C25H24ClNO6/c1-15(25(31)27-10-4-5-16(14-27)11-23(28)29)32-17-8-9-19-20(13-24(30)33-22(19)12-17)18-6-2-3-7-21(18)26/h2-3,6-9,12-13,15-16H,4-5,10-11,14H2,1H3,(H,28,29). The van der Waals surface area contributed by atoms with Crippen molar-refractivity contribution in [2.45, 2.75) is 32.3 Å². The molecule has 7 nitrogen and oxygen atoms in total. The Kier molecular flexibility index (Phi) is 6.70. The van der Waals surface area contributed by atoms with Crippen molar-refractivity contribution in [3.63, 3.8) is 0 Å². The normalized spacial score (nSPS) is 17.0. The van der Waals surface area contributed by atoms with Crippen LogP contribution in [0.4, 0.5) is 0 Å². The molecule has 0 saturated carbocycles. The first-order valence-corrected chi connectivity index (χ1v) is 11.2. The molecule has 2 heterocycles. The second-order valence-corrected chi connectivity index (χ2v) is 8.67. The summed E-state index contributed by atoms with van der Waals surface area (Å²) < 4.78 is 11.3. The van der Waals surface area contributed by atoms with Crippen LogP contribution in [0.3, 0.4) is 0 Å². The number of hydrogen-bond donors (Lipinski definition) is 1. The highest BCUT2D eigenvalue weighted by atomic mass is 35.5. The molecule has 1 saturated heterocycles. The molecule has 2 aromatic carbocycles. The van der Waals surface area contributed by atoms with Gasteiger partial charge in [-0.05, 0) is 43.9 Å². The van der Waals surface area contributed by atoms with Crippen molar-refractivity contribution in [3.05, 3.63) is 64.0 Å². The molecule has 33 heavy (non-hydrogen) atoms. The Morgan fingerprint density at radius 1 is 1.21 bits per heavy atom. The Balaban J connectivity index is 1.54. The van der Waals surface area contributed by atoms with Gasteiger partial charge in [0.15, 0.2) is 6.10 Å². The topological polar surface area (TPSA) is 97.0 Å². The average Bonchev–Trinajstić information content (AvgIpc) is 2.78. The molecule has 2 atom stereocenters. The number of rotatable bonds is 6. The van der Waals surface area contributed by atoms with Gasteiger partial charge in [-0.2, -0.15) is 0 Å². The van der Waals surface area contributed by atoms with Crippen LogP contribution in [0.1, 0.15) is 26.2 Å². The predicted octanol–water partition coefficient (Wildman–Crippen LogP) is 4.59. The first kappa shape index (κ1) is 22.9. The van der Waals surface area contributed by atoms with Crippen LogP contribution in [0.25, 0.3) is 22.1 Å². The van der Waals surface area contributed by atoms with Gasteiger partial charge in [0.2, 0.25) is 0 Å². The van der Waals surface area contributed by atoms with Crippen molar-refractivity contribution < 1.29 is 23.8 Å². The van der Waals surface area contributed by atoms with E-state index in [2.05, 4.69) is 0 Å². The second-order valence-electron chi connectivity index (χ2n) is 8.27. The highest BCUT2D eigenvalue weighted by Gasteiger charge is 2.29. The lowest BCUT2D eigenvalue weighted by atomic mass is 9.94. The van der Waals surface area contributed by atoms with Crippen LogP contribution in [0.2, 0.25) is 5.02 Å². The van der Waals surface area contributed by atoms with Gasteiger partial charge >= 0.3 is 11.6 Å². The van der Waals surface area contributed by atoms with Crippen LogP contribution >= 0.6 is 11.6 Å². The van der Waals surface area contributed by atoms with Crippen LogP contribution in [0.15, 0.2) is 57.7 Å². The molecule has 172 valence electrons. The maximum Gasteiger partial charge on any atom is 0.336 e. The first-order valence-electron chi connectivity index (χ1n) is 10.8. The molecule has 1 aromatic heterocycles. The maximum absolute atomic E-state index is 12.9. The van der Waals surface area contributed by atoms with Gasteiger partial charge in [0.25, 0.3) is 5.91 Å². The number of likely N-dealkylation sites (tertiary alicyclic amines) is 1. The molecule has 1 aliphatic heterocycles. The van der Waals surface area contributed by atoms with Crippen molar-refractivity contribution >= 4 is 34.4 Å². The molecular formula is C25H24ClNO6. The van der Waals surface area contributed by atoms with Crippen molar-refractivity contribution in [3.8, 4) is 16.9 Å². The van der Waals surface area contributed by atoms with Crippen LogP contribution < -0.4 is 10.4 Å². The van der Waals surface area contributed by atoms with E-state index in [4.69, 9.17) is 25.9 Å². The fourth-order valence-electron chi connectivity index (χ4n) is 4.31. The van der Waals surface area contributed by atoms with Gasteiger partial charge in [-0.3, -0.25) is 9.59 Å². The predicted molar refractivity (Wildman–Crippen MR) is 125 cm³/mol. The van der Waals surface area contributed by atoms with Crippen molar-refractivity contribution in [1.82, 2.24) is 4.90 Å². The third kappa shape index (κ3) is 5.20. The number of aliphatic carboxylic acids is 1. The molecule has 4 rings (SSSR count). The molecule has 0 aliphatic carbocycles. The highest BCUT2D eigenvalue weighted by molar-refractivity contribution is 6.33. The lowest BCUT2D eigenvalue weighted by molar-refractivity contribution is -0.143. The lowest BCUT2D eigenvalue weighted by Gasteiger charge is -2.33. The zero-order chi connectivity index (χ0) is 23.5. The number of fused-ring (bicyclic) bond motifs is 1. The van der Waals surface area contributed by atoms with Gasteiger partial charge in [-0.1, -0.05) is 29.8 Å². The zero-order valence-electron chi connectivity index (χ0n) is 18.1. The molecule has 0 radical (unpaired) electrons. The number of carboxylic acid groups (broad SMARTS) is 1. The third-order valence-corrected chi connectivity index (χ3v) is 6.16. The number of carbonyl (C=O) groups excluding carboxylic acids is 1. The number of ether oxygens (including phenoxy) is 1. The number of halogens is 1. The zero-order valence-corrected chi connectivity index (χ0v) is 18.9. The second kappa shape index (κ2) is 9.67. The van der Waals surface area contributed by atoms with E-state index < -0.39 is 17.7 Å². The smallest absolute Gasteiger partial charge is 0.336 e. The van der Waals surface area contributed by atoms with E-state index in [9.17, 15) is 14.4 Å². The fourth-order valence-corrected chi connectivity index (χ4v) is 4.55. The summed E-state index contributed by atoms with van der Waals surface area (Å²) in [6, 6.07) is 13.7. The minimum Gasteiger partial charge on any atom is -0.481 e. The summed E-state index contributed by atoms with van der Waals surface area (Å²) in [5.41, 5.74) is 1.18. The van der Waals surface area contributed by atoms with E-state index in [0.29, 0.717) is 40.4 Å². The summed E-state index contributed by atoms with van der Waals surface area (Å²) in [6.45, 7) is 2.65. The Hall–Kier alpha value is -3.32. The van der Waals surface area contributed by atoms with Crippen molar-refractivity contribution in [1.29, 1.82) is 0 Å². The molecular weight excluding hydrogens is 446 g/mol. The van der Waals surface area contributed by atoms with E-state index in [0.717, 1.165) is 18.4 Å². The number of piperidine rings is 1. The van der Waals surface area contributed by atoms with E-state index >= 15 is 0 Å². The monoisotopic (exact) mass is 469 g/mol. The Morgan fingerprint density at radius 3 is 2.76 bits per heavy atom. The van der Waals surface area contributed by atoms with Crippen molar-refractivity contribution in [2.75, 3.05) is 13.1 Å². The lowest BCUT2D eigenvalue weighted by Crippen LogP contribution is -2.46. The number of hydrogen-bond acceptors (Lipinski definition) is 5. The van der Waals surface area contributed by atoms with Gasteiger partial charge in [0.1, 0.15) is 11.3 Å². The summed E-state index contributed by atoms with van der Waals surface area (Å²) in [7, 11) is 0. The molecule has 2 unspecified atom stereocenters. The van der Waals surface area contributed by atoms with Crippen LogP contribution in [-0.2, 0) is 9.59 Å². The molecule has 8 heteroatoms. The van der Waals surface area contributed by atoms with Crippen LogP contribution in [0.5, 0.6) is 5.75 Å². The molecule has 1 N–H and O–H groups in total. The third-order valence-electron chi connectivity index (χ3n) is 5.83. The summed E-state index contributed by atoms with van der Waals surface area (Å²) in [4.78, 5) is 37.8. The molecule has 1 aliphatic rings. The van der Waals surface area contributed by atoms with Gasteiger partial charge in [-0.15, -0.1) is 0 Å². The van der Waals surface area contributed by atoms with Crippen LogP contribution in [-0.4, -0.2) is 41.1 Å². The van der Waals surface area contributed by atoms with E-state index in [1.54, 1.807) is 36.1 Å². The Morgan fingerprint density at radius 2 is 2.00 bits per heavy atom. The summed E-state index contributed by atoms with van der Waals surface area (Å²) in [5, 5.41) is 10.3. The number of benzene rings is 2. The highest BCUT2D eigenvalue weighted by Crippen LogP contribution is 2.34. The molecule has 3 aromatic rings. The summed E-state index contributed by atoms with van der Waals surface area (Å²) in [5.74, 6) is -0.712. The number of carboxylic acids is 1. The van der Waals surface area contributed by atoms with Crippen molar-refractivity contribution in [2.24, 2.45) is 5.92 Å². The fraction of sp³-hybridized carbons (Fsp3) is 0.320. The van der Waals surface area contributed by atoms with E-state index in [1.807, 2.05) is 18.2 Å². The first-order chi connectivity index (χ1) is 15.8. The number of nitrogens with zero attached hydrogens (tertiary/aromatic N) is 1. The molecule has 1 amide bonds. The largest absolute Gasteiger partial charge is 0.481 e. The average molecular weight is 470 g/mol. The summed E-state index contributed by atoms with van der Waals surface area (Å²) in [6.07, 6.45) is 0.839. The molecule has 1 fully saturated rings. The molecule has 0 bridgehead atoms.